The fourth-order valence-electron chi connectivity index (χ4n) is 3.73. The third kappa shape index (κ3) is 4.89. The van der Waals surface area contributed by atoms with Crippen LogP contribution in [0.4, 0.5) is 5.82 Å². The van der Waals surface area contributed by atoms with Gasteiger partial charge in [-0.3, -0.25) is 4.79 Å². The number of fused-ring (bicyclic) bond motifs is 1. The smallest absolute Gasteiger partial charge is 0.222 e. The van der Waals surface area contributed by atoms with Gasteiger partial charge in [-0.15, -0.1) is 0 Å². The van der Waals surface area contributed by atoms with E-state index in [1.54, 1.807) is 0 Å². The molecule has 0 atom stereocenters. The molecule has 150 valence electrons. The normalized spacial score (nSPS) is 13.3. The predicted molar refractivity (Wildman–Crippen MR) is 114 cm³/mol. The van der Waals surface area contributed by atoms with Crippen molar-refractivity contribution < 1.29 is 4.79 Å². The van der Waals surface area contributed by atoms with Gasteiger partial charge in [-0.05, 0) is 6.42 Å². The van der Waals surface area contributed by atoms with Gasteiger partial charge >= 0.3 is 0 Å². The summed E-state index contributed by atoms with van der Waals surface area (Å²) in [7, 11) is 4.01. The fourth-order valence-corrected chi connectivity index (χ4v) is 3.73. The Morgan fingerprint density at radius 1 is 1.07 bits per heavy atom. The van der Waals surface area contributed by atoms with Crippen molar-refractivity contribution in [3.63, 3.8) is 0 Å². The van der Waals surface area contributed by atoms with Crippen LogP contribution in [0, 0.1) is 0 Å². The third-order valence-electron chi connectivity index (χ3n) is 5.34. The molecular weight excluding hydrogens is 348 g/mol. The van der Waals surface area contributed by atoms with E-state index in [0.29, 0.717) is 13.0 Å². The Morgan fingerprint density at radius 3 is 2.54 bits per heavy atom. The van der Waals surface area contributed by atoms with Crippen molar-refractivity contribution in [3.05, 3.63) is 41.6 Å². The van der Waals surface area contributed by atoms with Gasteiger partial charge in [0.25, 0.3) is 0 Å². The number of unbranched alkanes of at least 4 members (excludes halogenated alkanes) is 4. The molecule has 2 aromatic rings. The van der Waals surface area contributed by atoms with E-state index in [4.69, 9.17) is 9.97 Å². The molecule has 0 N–H and O–H groups in total. The summed E-state index contributed by atoms with van der Waals surface area (Å²) in [5.74, 6) is 1.95. The molecule has 5 heteroatoms. The molecule has 0 saturated heterocycles. The molecular formula is C23H32N4O. The van der Waals surface area contributed by atoms with Gasteiger partial charge in [-0.1, -0.05) is 62.9 Å². The van der Waals surface area contributed by atoms with E-state index < -0.39 is 0 Å². The molecule has 1 aliphatic heterocycles. The summed E-state index contributed by atoms with van der Waals surface area (Å²) in [5.41, 5.74) is 3.19. The Kier molecular flexibility index (Phi) is 7.01. The van der Waals surface area contributed by atoms with Crippen LogP contribution in [0.15, 0.2) is 30.3 Å². The zero-order chi connectivity index (χ0) is 19.9. The number of anilines is 1. The molecule has 2 heterocycles. The van der Waals surface area contributed by atoms with Crippen LogP contribution in [0.5, 0.6) is 0 Å². The van der Waals surface area contributed by atoms with E-state index in [-0.39, 0.29) is 5.91 Å². The zero-order valence-corrected chi connectivity index (χ0v) is 17.4. The number of nitrogens with zero attached hydrogens (tertiary/aromatic N) is 4. The Bertz CT molecular complexity index is 789. The van der Waals surface area contributed by atoms with Crippen molar-refractivity contribution >= 4 is 11.7 Å². The maximum atomic E-state index is 12.7. The standard InChI is InChI=1S/C23H32N4O/c1-4-5-6-7-11-14-21(28)27-16-15-20-19(17-27)23(26(2)3)25-22(24-20)18-12-9-8-10-13-18/h8-10,12-13H,4-7,11,14-17H2,1-3H3. The average molecular weight is 381 g/mol. The molecule has 0 aliphatic carbocycles. The second-order valence-electron chi connectivity index (χ2n) is 7.79. The molecule has 3 rings (SSSR count). The highest BCUT2D eigenvalue weighted by atomic mass is 16.2. The van der Waals surface area contributed by atoms with Crippen molar-refractivity contribution in [2.75, 3.05) is 25.5 Å². The first-order valence-corrected chi connectivity index (χ1v) is 10.5. The minimum atomic E-state index is 0.263. The molecule has 5 nitrogen and oxygen atoms in total. The van der Waals surface area contributed by atoms with E-state index in [0.717, 1.165) is 54.3 Å². The monoisotopic (exact) mass is 380 g/mol. The number of hydrogen-bond donors (Lipinski definition) is 0. The molecule has 0 unspecified atom stereocenters. The molecule has 0 spiro atoms. The minimum absolute atomic E-state index is 0.263. The number of hydrogen-bond acceptors (Lipinski definition) is 4. The highest BCUT2D eigenvalue weighted by Crippen LogP contribution is 2.29. The van der Waals surface area contributed by atoms with Crippen LogP contribution >= 0.6 is 0 Å². The summed E-state index contributed by atoms with van der Waals surface area (Å²) >= 11 is 0. The van der Waals surface area contributed by atoms with Crippen LogP contribution in [-0.4, -0.2) is 41.4 Å². The van der Waals surface area contributed by atoms with Crippen molar-refractivity contribution in [1.82, 2.24) is 14.9 Å². The lowest BCUT2D eigenvalue weighted by Crippen LogP contribution is -2.37. The molecule has 0 bridgehead atoms. The number of carbonyl (C=O) groups excluding carboxylic acids is 1. The van der Waals surface area contributed by atoms with Gasteiger partial charge < -0.3 is 9.80 Å². The lowest BCUT2D eigenvalue weighted by Gasteiger charge is -2.31. The number of amides is 1. The average Bonchev–Trinajstić information content (AvgIpc) is 2.72. The van der Waals surface area contributed by atoms with Crippen LogP contribution in [0.2, 0.25) is 0 Å². The van der Waals surface area contributed by atoms with Gasteiger partial charge in [0.05, 0.1) is 12.2 Å². The molecule has 0 fully saturated rings. The minimum Gasteiger partial charge on any atom is -0.362 e. The Morgan fingerprint density at radius 2 is 1.82 bits per heavy atom. The van der Waals surface area contributed by atoms with E-state index in [2.05, 4.69) is 6.92 Å². The van der Waals surface area contributed by atoms with Gasteiger partial charge in [-0.2, -0.15) is 0 Å². The van der Waals surface area contributed by atoms with Crippen LogP contribution in [0.25, 0.3) is 11.4 Å². The second-order valence-corrected chi connectivity index (χ2v) is 7.79. The molecule has 0 radical (unpaired) electrons. The first-order valence-electron chi connectivity index (χ1n) is 10.5. The van der Waals surface area contributed by atoms with Crippen molar-refractivity contribution in [2.24, 2.45) is 0 Å². The lowest BCUT2D eigenvalue weighted by atomic mass is 10.0. The molecule has 1 aromatic carbocycles. The molecule has 1 aromatic heterocycles. The highest BCUT2D eigenvalue weighted by molar-refractivity contribution is 5.77. The molecule has 28 heavy (non-hydrogen) atoms. The largest absolute Gasteiger partial charge is 0.362 e. The van der Waals surface area contributed by atoms with Crippen LogP contribution < -0.4 is 4.90 Å². The SMILES string of the molecule is CCCCCCCC(=O)N1CCc2nc(-c3ccccc3)nc(N(C)C)c2C1. The molecule has 0 saturated carbocycles. The van der Waals surface area contributed by atoms with Gasteiger partial charge in [0.1, 0.15) is 5.82 Å². The topological polar surface area (TPSA) is 49.3 Å². The maximum absolute atomic E-state index is 12.7. The number of benzene rings is 1. The van der Waals surface area contributed by atoms with E-state index in [9.17, 15) is 4.79 Å². The quantitative estimate of drug-likeness (QED) is 0.635. The van der Waals surface area contributed by atoms with Crippen molar-refractivity contribution in [1.29, 1.82) is 0 Å². The predicted octanol–water partition coefficient (Wildman–Crippen LogP) is 4.45. The second kappa shape index (κ2) is 9.67. The fraction of sp³-hybridized carbons (Fsp3) is 0.522. The van der Waals surface area contributed by atoms with E-state index in [1.165, 1.54) is 19.3 Å². The number of aromatic nitrogens is 2. The summed E-state index contributed by atoms with van der Waals surface area (Å²) in [5, 5.41) is 0. The lowest BCUT2D eigenvalue weighted by molar-refractivity contribution is -0.132. The Hall–Kier alpha value is -2.43. The number of rotatable bonds is 8. The zero-order valence-electron chi connectivity index (χ0n) is 17.4. The first kappa shape index (κ1) is 20.3. The summed E-state index contributed by atoms with van der Waals surface area (Å²) in [6.45, 7) is 3.58. The molecule has 1 aliphatic rings. The van der Waals surface area contributed by atoms with Crippen LogP contribution in [0.1, 0.15) is 56.7 Å². The van der Waals surface area contributed by atoms with Crippen LogP contribution in [0.3, 0.4) is 0 Å². The van der Waals surface area contributed by atoms with Crippen molar-refractivity contribution in [3.8, 4) is 11.4 Å². The van der Waals surface area contributed by atoms with Gasteiger partial charge in [0.15, 0.2) is 5.82 Å². The first-order chi connectivity index (χ1) is 13.6. The summed E-state index contributed by atoms with van der Waals surface area (Å²) < 4.78 is 0. The summed E-state index contributed by atoms with van der Waals surface area (Å²) in [6.07, 6.45) is 7.31. The molecule has 1 amide bonds. The Labute approximate surface area is 168 Å². The summed E-state index contributed by atoms with van der Waals surface area (Å²) in [6, 6.07) is 10.1. The van der Waals surface area contributed by atoms with Gasteiger partial charge in [-0.25, -0.2) is 9.97 Å². The third-order valence-corrected chi connectivity index (χ3v) is 5.34. The van der Waals surface area contributed by atoms with Crippen LogP contribution in [-0.2, 0) is 17.8 Å². The van der Waals surface area contributed by atoms with E-state index >= 15 is 0 Å². The van der Waals surface area contributed by atoms with E-state index in [1.807, 2.05) is 54.2 Å². The van der Waals surface area contributed by atoms with Gasteiger partial charge in [0, 0.05) is 44.6 Å². The van der Waals surface area contributed by atoms with Crippen molar-refractivity contribution in [2.45, 2.75) is 58.4 Å². The van der Waals surface area contributed by atoms with Gasteiger partial charge in [0.2, 0.25) is 5.91 Å². The number of carbonyl (C=O) groups is 1. The summed E-state index contributed by atoms with van der Waals surface area (Å²) in [4.78, 5) is 26.4. The highest BCUT2D eigenvalue weighted by Gasteiger charge is 2.26. The maximum Gasteiger partial charge on any atom is 0.222 e. The Balaban J connectivity index is 1.74.